The molecule has 4 rings (SSSR count). The normalized spacial score (nSPS) is 47.9. The van der Waals surface area contributed by atoms with Crippen molar-refractivity contribution in [1.29, 1.82) is 0 Å². The number of aliphatic hydroxyl groups excluding tert-OH is 1. The van der Waals surface area contributed by atoms with Gasteiger partial charge >= 0.3 is 0 Å². The van der Waals surface area contributed by atoms with Gasteiger partial charge in [-0.15, -0.1) is 0 Å². The van der Waals surface area contributed by atoms with E-state index < -0.39 is 0 Å². The van der Waals surface area contributed by atoms with Crippen LogP contribution in [0.25, 0.3) is 0 Å². The van der Waals surface area contributed by atoms with Crippen LogP contribution in [0, 0.1) is 46.3 Å². The number of allylic oxidation sites excluding steroid dienone is 1. The van der Waals surface area contributed by atoms with Gasteiger partial charge in [-0.3, -0.25) is 0 Å². The minimum atomic E-state index is -0.0824. The number of fused-ring (bicyclic) bond motifs is 5. The lowest BCUT2D eigenvalue weighted by Gasteiger charge is -2.58. The summed E-state index contributed by atoms with van der Waals surface area (Å²) in [5.41, 5.74) is 2.55. The highest BCUT2D eigenvalue weighted by Crippen LogP contribution is 2.68. The largest absolute Gasteiger partial charge is 0.393 e. The lowest BCUT2D eigenvalue weighted by molar-refractivity contribution is -0.0570. The molecule has 9 atom stereocenters. The molecule has 0 aromatic carbocycles. The van der Waals surface area contributed by atoms with E-state index in [-0.39, 0.29) is 6.10 Å². The van der Waals surface area contributed by atoms with Gasteiger partial charge in [0.2, 0.25) is 0 Å². The SMILES string of the molecule is CC(C)CCC[C@@H](C)[C@H]1C(I)C[C@H]2[C@@H]3CC=C4C[C@@H](O)CC[C@]4(C)[C@H]3CC[C@]12C. The van der Waals surface area contributed by atoms with Crippen molar-refractivity contribution >= 4 is 22.6 Å². The molecule has 0 aromatic heterocycles. The van der Waals surface area contributed by atoms with E-state index in [1.54, 1.807) is 5.57 Å². The first-order chi connectivity index (χ1) is 13.7. The molecule has 0 radical (unpaired) electrons. The third-order valence-electron chi connectivity index (χ3n) is 10.2. The molecule has 0 bridgehead atoms. The van der Waals surface area contributed by atoms with Crippen LogP contribution in [0.2, 0.25) is 0 Å². The number of rotatable bonds is 5. The molecular weight excluding hydrogens is 467 g/mol. The Balaban J connectivity index is 1.53. The summed E-state index contributed by atoms with van der Waals surface area (Å²) in [6.07, 6.45) is 15.6. The summed E-state index contributed by atoms with van der Waals surface area (Å²) in [5, 5.41) is 10.2. The van der Waals surface area contributed by atoms with Gasteiger partial charge < -0.3 is 5.11 Å². The molecule has 4 aliphatic rings. The molecule has 3 saturated carbocycles. The summed E-state index contributed by atoms with van der Waals surface area (Å²) in [6.45, 7) is 12.6. The van der Waals surface area contributed by atoms with Crippen LogP contribution in [0.3, 0.4) is 0 Å². The van der Waals surface area contributed by atoms with E-state index in [0.717, 1.165) is 52.3 Å². The fraction of sp³-hybridized carbons (Fsp3) is 0.926. The van der Waals surface area contributed by atoms with Gasteiger partial charge in [-0.25, -0.2) is 0 Å². The first-order valence-electron chi connectivity index (χ1n) is 12.7. The van der Waals surface area contributed by atoms with E-state index in [0.29, 0.717) is 10.8 Å². The summed E-state index contributed by atoms with van der Waals surface area (Å²) in [7, 11) is 0. The van der Waals surface area contributed by atoms with Crippen LogP contribution in [-0.2, 0) is 0 Å². The summed E-state index contributed by atoms with van der Waals surface area (Å²) in [6, 6.07) is 0. The topological polar surface area (TPSA) is 20.2 Å². The van der Waals surface area contributed by atoms with Gasteiger partial charge in [-0.2, -0.15) is 0 Å². The molecule has 4 aliphatic carbocycles. The van der Waals surface area contributed by atoms with Gasteiger partial charge in [0.05, 0.1) is 6.10 Å². The maximum Gasteiger partial charge on any atom is 0.0577 e. The van der Waals surface area contributed by atoms with Crippen molar-refractivity contribution in [3.63, 3.8) is 0 Å². The number of alkyl halides is 1. The first-order valence-corrected chi connectivity index (χ1v) is 13.9. The summed E-state index contributed by atoms with van der Waals surface area (Å²) in [4.78, 5) is 0. The molecule has 166 valence electrons. The molecule has 1 N–H and O–H groups in total. The fourth-order valence-corrected chi connectivity index (χ4v) is 10.8. The Kier molecular flexibility index (Phi) is 6.56. The van der Waals surface area contributed by atoms with Crippen molar-refractivity contribution in [2.24, 2.45) is 46.3 Å². The van der Waals surface area contributed by atoms with Crippen molar-refractivity contribution in [3.05, 3.63) is 11.6 Å². The van der Waals surface area contributed by atoms with Gasteiger partial charge in [0.1, 0.15) is 0 Å². The zero-order valence-electron chi connectivity index (χ0n) is 19.6. The Labute approximate surface area is 194 Å². The summed E-state index contributed by atoms with van der Waals surface area (Å²) >= 11 is 2.85. The minimum Gasteiger partial charge on any atom is -0.393 e. The van der Waals surface area contributed by atoms with Crippen LogP contribution in [0.5, 0.6) is 0 Å². The number of hydrogen-bond acceptors (Lipinski definition) is 1. The predicted molar refractivity (Wildman–Crippen MR) is 132 cm³/mol. The number of hydrogen-bond donors (Lipinski definition) is 1. The van der Waals surface area contributed by atoms with E-state index in [1.807, 2.05) is 0 Å². The molecule has 29 heavy (non-hydrogen) atoms. The minimum absolute atomic E-state index is 0.0824. The highest BCUT2D eigenvalue weighted by Gasteiger charge is 2.61. The van der Waals surface area contributed by atoms with Gasteiger partial charge in [-0.1, -0.05) is 88.1 Å². The Hall–Kier alpha value is 0.430. The van der Waals surface area contributed by atoms with E-state index in [2.05, 4.69) is 63.3 Å². The molecule has 0 saturated heterocycles. The van der Waals surface area contributed by atoms with Crippen molar-refractivity contribution in [3.8, 4) is 0 Å². The van der Waals surface area contributed by atoms with E-state index in [9.17, 15) is 5.11 Å². The molecule has 0 heterocycles. The molecule has 2 heteroatoms. The smallest absolute Gasteiger partial charge is 0.0577 e. The molecule has 0 spiro atoms. The highest BCUT2D eigenvalue weighted by molar-refractivity contribution is 14.1. The third-order valence-corrected chi connectivity index (χ3v) is 11.5. The van der Waals surface area contributed by atoms with Gasteiger partial charge in [-0.05, 0) is 91.3 Å². The lowest BCUT2D eigenvalue weighted by Crippen LogP contribution is -2.51. The Morgan fingerprint density at radius 2 is 1.86 bits per heavy atom. The average Bonchev–Trinajstić information content (AvgIpc) is 2.92. The maximum atomic E-state index is 10.2. The molecule has 0 aromatic rings. The Morgan fingerprint density at radius 3 is 2.59 bits per heavy atom. The molecule has 1 nitrogen and oxygen atoms in total. The zero-order valence-corrected chi connectivity index (χ0v) is 21.7. The van der Waals surface area contributed by atoms with Crippen LogP contribution in [0.1, 0.15) is 98.8 Å². The third kappa shape index (κ3) is 3.89. The van der Waals surface area contributed by atoms with Crippen LogP contribution in [0.4, 0.5) is 0 Å². The Morgan fingerprint density at radius 1 is 1.10 bits per heavy atom. The monoisotopic (exact) mass is 512 g/mol. The second-order valence-electron chi connectivity index (χ2n) is 12.3. The van der Waals surface area contributed by atoms with E-state index >= 15 is 0 Å². The molecule has 3 fully saturated rings. The summed E-state index contributed by atoms with van der Waals surface area (Å²) in [5.74, 6) is 5.31. The molecule has 1 unspecified atom stereocenters. The molecule has 0 aliphatic heterocycles. The van der Waals surface area contributed by atoms with Crippen LogP contribution in [-0.4, -0.2) is 15.1 Å². The van der Waals surface area contributed by atoms with Crippen molar-refractivity contribution in [2.75, 3.05) is 0 Å². The molecular formula is C27H45IO. The van der Waals surface area contributed by atoms with E-state index in [1.165, 1.54) is 51.4 Å². The highest BCUT2D eigenvalue weighted by atomic mass is 127. The van der Waals surface area contributed by atoms with Crippen LogP contribution >= 0.6 is 22.6 Å². The number of aliphatic hydroxyl groups is 1. The fourth-order valence-electron chi connectivity index (χ4n) is 8.68. The Bertz CT molecular complexity index is 626. The second kappa shape index (κ2) is 8.41. The second-order valence-corrected chi connectivity index (χ2v) is 13.9. The van der Waals surface area contributed by atoms with Gasteiger partial charge in [0.25, 0.3) is 0 Å². The average molecular weight is 513 g/mol. The van der Waals surface area contributed by atoms with E-state index in [4.69, 9.17) is 0 Å². The van der Waals surface area contributed by atoms with Crippen molar-refractivity contribution in [1.82, 2.24) is 0 Å². The van der Waals surface area contributed by atoms with Crippen molar-refractivity contribution < 1.29 is 5.11 Å². The molecule has 0 amide bonds. The van der Waals surface area contributed by atoms with Gasteiger partial charge in [0, 0.05) is 3.92 Å². The standard InChI is InChI=1S/C27H45IO/c1-17(2)7-6-8-18(3)25-24(28)16-23-21-10-9-19-15-20(29)11-13-26(19,4)22(21)12-14-27(23,25)5/h9,17-18,20-25,29H,6-8,10-16H2,1-5H3/t18-,20+,21-,22+,23+,24?,25+,26+,27+/m1/s1. The zero-order chi connectivity index (χ0) is 21.0. The van der Waals surface area contributed by atoms with Crippen molar-refractivity contribution in [2.45, 2.75) is 109 Å². The quantitative estimate of drug-likeness (QED) is 0.226. The number of halogens is 1. The summed E-state index contributed by atoms with van der Waals surface area (Å²) < 4.78 is 0.863. The lowest BCUT2D eigenvalue weighted by atomic mass is 9.47. The predicted octanol–water partition coefficient (Wildman–Crippen LogP) is 7.80. The van der Waals surface area contributed by atoms with Gasteiger partial charge in [0.15, 0.2) is 0 Å². The maximum absolute atomic E-state index is 10.2. The van der Waals surface area contributed by atoms with Crippen LogP contribution in [0.15, 0.2) is 11.6 Å². The van der Waals surface area contributed by atoms with Crippen LogP contribution < -0.4 is 0 Å². The first kappa shape index (κ1) is 22.6.